The van der Waals surface area contributed by atoms with Crippen LogP contribution in [0.3, 0.4) is 0 Å². The second-order valence-corrected chi connectivity index (χ2v) is 4.73. The van der Waals surface area contributed by atoms with E-state index in [9.17, 15) is 0 Å². The van der Waals surface area contributed by atoms with Gasteiger partial charge in [-0.15, -0.1) is 0 Å². The van der Waals surface area contributed by atoms with Crippen molar-refractivity contribution in [3.05, 3.63) is 35.5 Å². The summed E-state index contributed by atoms with van der Waals surface area (Å²) in [6.45, 7) is 2.34. The minimum Gasteiger partial charge on any atom is -0.0773 e. The molecule has 2 bridgehead atoms. The van der Waals surface area contributed by atoms with Crippen LogP contribution in [0.2, 0.25) is 0 Å². The lowest BCUT2D eigenvalue weighted by Crippen LogP contribution is -2.11. The monoisotopic (exact) mass is 172 g/mol. The number of hydrogen-bond donors (Lipinski definition) is 0. The maximum absolute atomic E-state index is 2.46. The van der Waals surface area contributed by atoms with Crippen LogP contribution in [0.4, 0.5) is 0 Å². The topological polar surface area (TPSA) is 0 Å². The summed E-state index contributed by atoms with van der Waals surface area (Å²) in [5.41, 5.74) is 3.95. The van der Waals surface area contributed by atoms with Crippen LogP contribution in [0, 0.1) is 11.3 Å². The first-order valence-electron chi connectivity index (χ1n) is 5.38. The van der Waals surface area contributed by atoms with Crippen molar-refractivity contribution in [2.45, 2.75) is 32.6 Å². The SMILES string of the molecule is CC1=C2CCC[C@]23C=CC=C[C@H]1C3. The van der Waals surface area contributed by atoms with Gasteiger partial charge < -0.3 is 0 Å². The van der Waals surface area contributed by atoms with Gasteiger partial charge in [0.25, 0.3) is 0 Å². The van der Waals surface area contributed by atoms with E-state index in [1.807, 2.05) is 0 Å². The van der Waals surface area contributed by atoms with E-state index in [2.05, 4.69) is 31.2 Å². The first-order valence-corrected chi connectivity index (χ1v) is 5.38. The van der Waals surface area contributed by atoms with Gasteiger partial charge in [-0.05, 0) is 38.5 Å². The molecule has 68 valence electrons. The van der Waals surface area contributed by atoms with Gasteiger partial charge in [-0.1, -0.05) is 35.5 Å². The molecular formula is C13H16. The molecule has 0 unspecified atom stereocenters. The van der Waals surface area contributed by atoms with E-state index in [-0.39, 0.29) is 0 Å². The Morgan fingerprint density at radius 3 is 3.23 bits per heavy atom. The van der Waals surface area contributed by atoms with Crippen LogP contribution < -0.4 is 0 Å². The zero-order chi connectivity index (χ0) is 8.89. The summed E-state index contributed by atoms with van der Waals surface area (Å²) < 4.78 is 0. The predicted molar refractivity (Wildman–Crippen MR) is 55.4 cm³/mol. The van der Waals surface area contributed by atoms with Crippen molar-refractivity contribution < 1.29 is 0 Å². The van der Waals surface area contributed by atoms with Gasteiger partial charge in [0.2, 0.25) is 0 Å². The van der Waals surface area contributed by atoms with Crippen LogP contribution in [0.25, 0.3) is 0 Å². The minimum absolute atomic E-state index is 0.498. The molecule has 0 saturated heterocycles. The highest BCUT2D eigenvalue weighted by atomic mass is 14.5. The Morgan fingerprint density at radius 1 is 1.38 bits per heavy atom. The average molecular weight is 172 g/mol. The summed E-state index contributed by atoms with van der Waals surface area (Å²) in [5.74, 6) is 0.755. The molecule has 0 aromatic carbocycles. The Hall–Kier alpha value is -0.780. The molecule has 2 atom stereocenters. The van der Waals surface area contributed by atoms with Gasteiger partial charge in [-0.2, -0.15) is 0 Å². The molecule has 0 N–H and O–H groups in total. The van der Waals surface area contributed by atoms with Gasteiger partial charge in [0.1, 0.15) is 0 Å². The van der Waals surface area contributed by atoms with Gasteiger partial charge in [-0.3, -0.25) is 0 Å². The zero-order valence-electron chi connectivity index (χ0n) is 8.22. The fourth-order valence-electron chi connectivity index (χ4n) is 3.47. The molecule has 0 heterocycles. The highest BCUT2D eigenvalue weighted by Gasteiger charge is 2.44. The number of fused-ring (bicyclic) bond motifs is 1. The normalized spacial score (nSPS) is 41.2. The van der Waals surface area contributed by atoms with Crippen LogP contribution in [0.15, 0.2) is 35.5 Å². The third-order valence-corrected chi connectivity index (χ3v) is 4.14. The van der Waals surface area contributed by atoms with Crippen LogP contribution in [-0.2, 0) is 0 Å². The molecule has 13 heavy (non-hydrogen) atoms. The molecule has 3 aliphatic carbocycles. The summed E-state index contributed by atoms with van der Waals surface area (Å²) in [4.78, 5) is 0. The Kier molecular flexibility index (Phi) is 1.39. The minimum atomic E-state index is 0.498. The predicted octanol–water partition coefficient (Wildman–Crippen LogP) is 3.62. The molecule has 3 aliphatic rings. The molecule has 0 aliphatic heterocycles. The van der Waals surface area contributed by atoms with E-state index < -0.39 is 0 Å². The Labute approximate surface area is 80.0 Å². The van der Waals surface area contributed by atoms with Gasteiger partial charge in [0.15, 0.2) is 0 Å². The van der Waals surface area contributed by atoms with Crippen molar-refractivity contribution in [1.82, 2.24) is 0 Å². The number of rotatable bonds is 0. The maximum atomic E-state index is 2.46. The van der Waals surface area contributed by atoms with Crippen molar-refractivity contribution in [2.24, 2.45) is 11.3 Å². The first kappa shape index (κ1) is 7.61. The van der Waals surface area contributed by atoms with Crippen molar-refractivity contribution in [2.75, 3.05) is 0 Å². The smallest absolute Gasteiger partial charge is 0.0105 e. The Morgan fingerprint density at radius 2 is 2.31 bits per heavy atom. The highest BCUT2D eigenvalue weighted by Crippen LogP contribution is 2.57. The molecule has 0 heteroatoms. The molecule has 0 amide bonds. The van der Waals surface area contributed by atoms with Crippen molar-refractivity contribution in [1.29, 1.82) is 0 Å². The summed E-state index contributed by atoms with van der Waals surface area (Å²) in [6, 6.07) is 0. The first-order chi connectivity index (χ1) is 6.32. The third kappa shape index (κ3) is 0.864. The summed E-state index contributed by atoms with van der Waals surface area (Å²) >= 11 is 0. The van der Waals surface area contributed by atoms with Gasteiger partial charge in [-0.25, -0.2) is 0 Å². The molecule has 3 rings (SSSR count). The zero-order valence-corrected chi connectivity index (χ0v) is 8.22. The second kappa shape index (κ2) is 2.37. The number of allylic oxidation sites excluding steroid dienone is 6. The molecule has 1 fully saturated rings. The van der Waals surface area contributed by atoms with Crippen molar-refractivity contribution in [3.63, 3.8) is 0 Å². The van der Waals surface area contributed by atoms with Crippen LogP contribution in [0.1, 0.15) is 32.6 Å². The van der Waals surface area contributed by atoms with E-state index >= 15 is 0 Å². The van der Waals surface area contributed by atoms with Gasteiger partial charge >= 0.3 is 0 Å². The molecule has 0 aromatic heterocycles. The third-order valence-electron chi connectivity index (χ3n) is 4.14. The molecular weight excluding hydrogens is 156 g/mol. The highest BCUT2D eigenvalue weighted by molar-refractivity contribution is 5.41. The Balaban J connectivity index is 2.18. The standard InChI is InChI=1S/C13H16/c1-10-11-5-2-3-7-13(9-11)8-4-6-12(10)13/h2-3,5,7,11H,4,6,8-9H2,1H3/t11-,13-/m0/s1. The fourth-order valence-corrected chi connectivity index (χ4v) is 3.47. The summed E-state index contributed by atoms with van der Waals surface area (Å²) in [6.07, 6.45) is 14.9. The van der Waals surface area contributed by atoms with Gasteiger partial charge in [0, 0.05) is 5.41 Å². The van der Waals surface area contributed by atoms with Crippen LogP contribution >= 0.6 is 0 Å². The molecule has 0 nitrogen and oxygen atoms in total. The molecule has 1 saturated carbocycles. The van der Waals surface area contributed by atoms with E-state index in [4.69, 9.17) is 0 Å². The fraction of sp³-hybridized carbons (Fsp3) is 0.538. The summed E-state index contributed by atoms with van der Waals surface area (Å²) in [7, 11) is 0. The van der Waals surface area contributed by atoms with Crippen molar-refractivity contribution >= 4 is 0 Å². The van der Waals surface area contributed by atoms with Gasteiger partial charge in [0.05, 0.1) is 0 Å². The summed E-state index contributed by atoms with van der Waals surface area (Å²) in [5, 5.41) is 0. The lowest BCUT2D eigenvalue weighted by Gasteiger charge is -2.22. The largest absolute Gasteiger partial charge is 0.0773 e. The lowest BCUT2D eigenvalue weighted by molar-refractivity contribution is 0.436. The van der Waals surface area contributed by atoms with E-state index in [1.165, 1.54) is 25.7 Å². The second-order valence-electron chi connectivity index (χ2n) is 4.73. The van der Waals surface area contributed by atoms with E-state index in [1.54, 1.807) is 11.1 Å². The van der Waals surface area contributed by atoms with Crippen molar-refractivity contribution in [3.8, 4) is 0 Å². The quantitative estimate of drug-likeness (QED) is 0.489. The van der Waals surface area contributed by atoms with Crippen LogP contribution in [-0.4, -0.2) is 0 Å². The average Bonchev–Trinajstić information content (AvgIpc) is 2.49. The van der Waals surface area contributed by atoms with E-state index in [0.717, 1.165) is 5.92 Å². The van der Waals surface area contributed by atoms with Crippen LogP contribution in [0.5, 0.6) is 0 Å². The Bertz CT molecular complexity index is 330. The maximum Gasteiger partial charge on any atom is 0.0105 e. The number of hydrogen-bond acceptors (Lipinski definition) is 0. The molecule has 0 aromatic rings. The lowest BCUT2D eigenvalue weighted by atomic mass is 9.82. The van der Waals surface area contributed by atoms with E-state index in [0.29, 0.717) is 5.41 Å². The molecule has 0 radical (unpaired) electrons. The molecule has 1 spiro atoms.